The number of nitrogens with zero attached hydrogens (tertiary/aromatic N) is 5. The average Bonchev–Trinajstić information content (AvgIpc) is 3.32. The third-order valence-electron chi connectivity index (χ3n) is 6.36. The number of aryl methyl sites for hydroxylation is 1. The molecule has 190 valence electrons. The zero-order valence-corrected chi connectivity index (χ0v) is 21.6. The molecule has 0 saturated heterocycles. The van der Waals surface area contributed by atoms with Gasteiger partial charge in [0.25, 0.3) is 5.56 Å². The second-order valence-electron chi connectivity index (χ2n) is 9.41. The highest BCUT2D eigenvalue weighted by atomic mass is 16.5. The molecule has 4 rings (SSSR count). The molecule has 9 heteroatoms. The topological polar surface area (TPSA) is 98.2 Å². The van der Waals surface area contributed by atoms with Crippen LogP contribution < -0.4 is 10.3 Å². The number of ether oxygens (including phenoxy) is 2. The third kappa shape index (κ3) is 5.80. The minimum absolute atomic E-state index is 0.108. The summed E-state index contributed by atoms with van der Waals surface area (Å²) in [7, 11) is 3.30. The molecule has 1 N–H and O–H groups in total. The Morgan fingerprint density at radius 2 is 1.83 bits per heavy atom. The molecule has 0 aliphatic carbocycles. The van der Waals surface area contributed by atoms with E-state index in [1.807, 2.05) is 24.3 Å². The second kappa shape index (κ2) is 11.5. The molecule has 2 heterocycles. The van der Waals surface area contributed by atoms with E-state index in [4.69, 9.17) is 9.47 Å². The van der Waals surface area contributed by atoms with Gasteiger partial charge in [-0.15, -0.1) is 5.10 Å². The van der Waals surface area contributed by atoms with E-state index in [-0.39, 0.29) is 17.5 Å². The van der Waals surface area contributed by atoms with Gasteiger partial charge < -0.3 is 14.5 Å². The Balaban J connectivity index is 1.76. The molecular formula is C27H34N6O3. The summed E-state index contributed by atoms with van der Waals surface area (Å²) in [5.41, 5.74) is 3.70. The number of fused-ring (bicyclic) bond motifs is 1. The van der Waals surface area contributed by atoms with Crippen molar-refractivity contribution in [1.29, 1.82) is 0 Å². The summed E-state index contributed by atoms with van der Waals surface area (Å²) in [5.74, 6) is 1.69. The highest BCUT2D eigenvalue weighted by Gasteiger charge is 2.30. The van der Waals surface area contributed by atoms with Crippen LogP contribution in [0.4, 0.5) is 0 Å². The van der Waals surface area contributed by atoms with E-state index in [0.717, 1.165) is 28.0 Å². The van der Waals surface area contributed by atoms with Crippen LogP contribution in [0, 0.1) is 12.8 Å². The number of aromatic nitrogens is 5. The predicted octanol–water partition coefficient (Wildman–Crippen LogP) is 3.88. The van der Waals surface area contributed by atoms with Gasteiger partial charge in [-0.2, -0.15) is 0 Å². The molecule has 9 nitrogen and oxygen atoms in total. The van der Waals surface area contributed by atoms with Crippen molar-refractivity contribution in [2.45, 2.75) is 46.4 Å². The maximum absolute atomic E-state index is 13.1. The predicted molar refractivity (Wildman–Crippen MR) is 139 cm³/mol. The Bertz CT molecular complexity index is 1350. The van der Waals surface area contributed by atoms with E-state index in [9.17, 15) is 4.79 Å². The van der Waals surface area contributed by atoms with Crippen molar-refractivity contribution in [2.75, 3.05) is 20.8 Å². The maximum atomic E-state index is 13.1. The first-order valence-corrected chi connectivity index (χ1v) is 12.1. The standard InChI is InChI=1S/C27H34N6O3/c1-18(2)25(26-29-30-31-33(26)12-13-35-4)32(16-20-8-6-19(3)7-9-20)17-22-14-21-15-23(36-5)10-11-24(21)28-27(22)34/h6-11,14-15,18,25H,12-13,16-17H2,1-5H3,(H,28,34). The Labute approximate surface area is 211 Å². The van der Waals surface area contributed by atoms with Gasteiger partial charge in [-0.3, -0.25) is 9.69 Å². The van der Waals surface area contributed by atoms with E-state index < -0.39 is 0 Å². The number of tetrazole rings is 1. The molecule has 0 aliphatic heterocycles. The number of aromatic amines is 1. The molecule has 0 fully saturated rings. The van der Waals surface area contributed by atoms with E-state index in [1.165, 1.54) is 5.56 Å². The number of hydrogen-bond acceptors (Lipinski definition) is 7. The summed E-state index contributed by atoms with van der Waals surface area (Å²) in [6.45, 7) is 8.50. The number of hydrogen-bond donors (Lipinski definition) is 1. The number of nitrogens with one attached hydrogen (secondary N) is 1. The number of pyridine rings is 1. The average molecular weight is 491 g/mol. The smallest absolute Gasteiger partial charge is 0.252 e. The lowest BCUT2D eigenvalue weighted by molar-refractivity contribution is 0.121. The molecule has 4 aromatic rings. The molecule has 0 saturated carbocycles. The van der Waals surface area contributed by atoms with E-state index in [0.29, 0.717) is 31.8 Å². The van der Waals surface area contributed by atoms with Crippen LogP contribution in [-0.4, -0.2) is 50.9 Å². The quantitative estimate of drug-likeness (QED) is 0.341. The normalized spacial score (nSPS) is 12.5. The van der Waals surface area contributed by atoms with Gasteiger partial charge in [0.2, 0.25) is 0 Å². The summed E-state index contributed by atoms with van der Waals surface area (Å²) < 4.78 is 12.4. The molecule has 2 aromatic carbocycles. The van der Waals surface area contributed by atoms with Gasteiger partial charge in [0.15, 0.2) is 5.82 Å². The van der Waals surface area contributed by atoms with Crippen LogP contribution in [0.5, 0.6) is 5.75 Å². The first-order valence-electron chi connectivity index (χ1n) is 12.1. The third-order valence-corrected chi connectivity index (χ3v) is 6.36. The van der Waals surface area contributed by atoms with Crippen molar-refractivity contribution in [3.05, 3.63) is 81.4 Å². The minimum Gasteiger partial charge on any atom is -0.497 e. The number of benzene rings is 2. The summed E-state index contributed by atoms with van der Waals surface area (Å²) in [5, 5.41) is 13.5. The molecule has 1 unspecified atom stereocenters. The maximum Gasteiger partial charge on any atom is 0.252 e. The molecule has 0 bridgehead atoms. The fourth-order valence-electron chi connectivity index (χ4n) is 4.52. The Morgan fingerprint density at radius 1 is 1.06 bits per heavy atom. The molecule has 0 amide bonds. The van der Waals surface area contributed by atoms with Gasteiger partial charge in [-0.1, -0.05) is 43.7 Å². The van der Waals surface area contributed by atoms with E-state index in [1.54, 1.807) is 18.9 Å². The largest absolute Gasteiger partial charge is 0.497 e. The van der Waals surface area contributed by atoms with Crippen molar-refractivity contribution in [3.63, 3.8) is 0 Å². The molecule has 0 spiro atoms. The number of methoxy groups -OCH3 is 2. The fourth-order valence-corrected chi connectivity index (χ4v) is 4.52. The van der Waals surface area contributed by atoms with Crippen molar-refractivity contribution < 1.29 is 9.47 Å². The summed E-state index contributed by atoms with van der Waals surface area (Å²) >= 11 is 0. The van der Waals surface area contributed by atoms with Crippen molar-refractivity contribution in [1.82, 2.24) is 30.1 Å². The lowest BCUT2D eigenvalue weighted by atomic mass is 9.99. The van der Waals surface area contributed by atoms with Crippen LogP contribution in [0.3, 0.4) is 0 Å². The molecule has 0 radical (unpaired) electrons. The van der Waals surface area contributed by atoms with Gasteiger partial charge in [0.05, 0.1) is 26.3 Å². The molecule has 1 atom stereocenters. The first-order chi connectivity index (χ1) is 17.4. The van der Waals surface area contributed by atoms with Crippen molar-refractivity contribution >= 4 is 10.9 Å². The first kappa shape index (κ1) is 25.5. The van der Waals surface area contributed by atoms with Crippen LogP contribution in [0.1, 0.15) is 42.4 Å². The molecule has 2 aromatic heterocycles. The van der Waals surface area contributed by atoms with Crippen molar-refractivity contribution in [2.24, 2.45) is 5.92 Å². The van der Waals surface area contributed by atoms with Gasteiger partial charge in [-0.05, 0) is 53.1 Å². The monoisotopic (exact) mass is 490 g/mol. The number of rotatable bonds is 11. The van der Waals surface area contributed by atoms with E-state index in [2.05, 4.69) is 70.4 Å². The Hall–Kier alpha value is -3.56. The minimum atomic E-state index is -0.126. The highest BCUT2D eigenvalue weighted by molar-refractivity contribution is 5.80. The van der Waals surface area contributed by atoms with Crippen LogP contribution in [-0.2, 0) is 24.4 Å². The zero-order valence-electron chi connectivity index (χ0n) is 21.6. The molecule has 0 aliphatic rings. The summed E-state index contributed by atoms with van der Waals surface area (Å²) in [6, 6.07) is 15.9. The van der Waals surface area contributed by atoms with Crippen LogP contribution in [0.15, 0.2) is 53.3 Å². The van der Waals surface area contributed by atoms with Gasteiger partial charge in [0, 0.05) is 36.7 Å². The Kier molecular flexibility index (Phi) is 8.12. The lowest BCUT2D eigenvalue weighted by Gasteiger charge is -2.33. The molecular weight excluding hydrogens is 456 g/mol. The highest BCUT2D eigenvalue weighted by Crippen LogP contribution is 2.30. The van der Waals surface area contributed by atoms with Crippen LogP contribution in [0.25, 0.3) is 10.9 Å². The van der Waals surface area contributed by atoms with Gasteiger partial charge >= 0.3 is 0 Å². The van der Waals surface area contributed by atoms with E-state index >= 15 is 0 Å². The summed E-state index contributed by atoms with van der Waals surface area (Å²) in [6.07, 6.45) is 0. The van der Waals surface area contributed by atoms with Gasteiger partial charge in [-0.25, -0.2) is 4.68 Å². The number of H-pyrrole nitrogens is 1. The van der Waals surface area contributed by atoms with Gasteiger partial charge in [0.1, 0.15) is 5.75 Å². The summed E-state index contributed by atoms with van der Waals surface area (Å²) in [4.78, 5) is 18.4. The SMILES string of the molecule is COCCn1nnnc1C(C(C)C)N(Cc1ccc(C)cc1)Cc1cc2cc(OC)ccc2[nH]c1=O. The lowest BCUT2D eigenvalue weighted by Crippen LogP contribution is -2.35. The van der Waals surface area contributed by atoms with Crippen LogP contribution >= 0.6 is 0 Å². The zero-order chi connectivity index (χ0) is 25.7. The van der Waals surface area contributed by atoms with Crippen molar-refractivity contribution in [3.8, 4) is 5.75 Å². The second-order valence-corrected chi connectivity index (χ2v) is 9.41. The Morgan fingerprint density at radius 3 is 2.53 bits per heavy atom. The fraction of sp³-hybridized carbons (Fsp3) is 0.407. The molecule has 36 heavy (non-hydrogen) atoms. The van der Waals surface area contributed by atoms with Crippen LogP contribution in [0.2, 0.25) is 0 Å².